The Balaban J connectivity index is -0.000000369. The first kappa shape index (κ1) is 98.6. The molecule has 0 heterocycles. The normalized spacial score (nSPS) is 16.4. The number of hydrogen-bond acceptors (Lipinski definition) is 12. The van der Waals surface area contributed by atoms with Crippen LogP contribution in [0.5, 0.6) is 0 Å². The number of alkyl halides is 52. The maximum absolute atomic E-state index is 12.7. The summed E-state index contributed by atoms with van der Waals surface area (Å²) in [5.41, 5.74) is 0. The van der Waals surface area contributed by atoms with Crippen molar-refractivity contribution in [2.24, 2.45) is 0 Å². The first-order valence-corrected chi connectivity index (χ1v) is 23.3. The molecule has 0 aliphatic rings. The average Bonchev–Trinajstić information content (AvgIpc) is 3.25. The Kier molecular flexibility index (Phi) is 26.8. The van der Waals surface area contributed by atoms with E-state index in [0.29, 0.717) is 0 Å². The summed E-state index contributed by atoms with van der Waals surface area (Å²) in [6, 6.07) is 0. The van der Waals surface area contributed by atoms with Crippen molar-refractivity contribution < 1.29 is 306 Å². The molecule has 0 fully saturated rings. The van der Waals surface area contributed by atoms with E-state index in [-0.39, 0.29) is 26.2 Å². The smallest absolute Gasteiger partial charge is 0.743 e. The second-order valence-corrected chi connectivity index (χ2v) is 20.7. The molecule has 0 spiro atoms. The van der Waals surface area contributed by atoms with Crippen LogP contribution in [0, 0.1) is 0 Å². The van der Waals surface area contributed by atoms with E-state index in [4.69, 9.17) is 0 Å². The fourth-order valence-electron chi connectivity index (χ4n) is 3.65. The Morgan fingerprint density at radius 1 is 0.140 bits per heavy atom. The van der Waals surface area contributed by atoms with Crippen LogP contribution in [-0.2, 0) is 66.7 Å². The van der Waals surface area contributed by atoms with Gasteiger partial charge in [0.1, 0.15) is 0 Å². The van der Waals surface area contributed by atoms with Crippen molar-refractivity contribution in [3.8, 4) is 0 Å². The molecule has 0 saturated carbocycles. The minimum absolute atomic E-state index is 0. The standard InChI is InChI=1S/4C6HF13O3S.Zr/c4*7-1(8,3(11,12)5(15,16)17)2(9,10)4(13,14)6(18,19)23(20,21)22;/h4*(H,20,21,22);/q;;;;+4/p-4. The van der Waals surface area contributed by atoms with Crippen molar-refractivity contribution in [3.05, 3.63) is 0 Å². The van der Waals surface area contributed by atoms with E-state index < -0.39 is 181 Å². The van der Waals surface area contributed by atoms with Gasteiger partial charge in [0.15, 0.2) is 40.5 Å². The van der Waals surface area contributed by atoms with Gasteiger partial charge in [0.25, 0.3) is 0 Å². The maximum Gasteiger partial charge on any atom is 4.00 e. The Hall–Kier alpha value is -3.12. The van der Waals surface area contributed by atoms with E-state index in [9.17, 15) is 280 Å². The summed E-state index contributed by atoms with van der Waals surface area (Å²) in [6.45, 7) is 0. The maximum atomic E-state index is 12.7. The molecular formula is C24F52O12S4Zr. The zero-order chi connectivity index (χ0) is 78.0. The molecule has 0 amide bonds. The van der Waals surface area contributed by atoms with Gasteiger partial charge < -0.3 is 18.2 Å². The summed E-state index contributed by atoms with van der Waals surface area (Å²) in [6.07, 6.45) is -30.4. The minimum Gasteiger partial charge on any atom is -0.743 e. The molecule has 0 N–H and O–H groups in total. The van der Waals surface area contributed by atoms with Crippen LogP contribution >= 0.6 is 0 Å². The zero-order valence-electron chi connectivity index (χ0n) is 38.7. The van der Waals surface area contributed by atoms with Gasteiger partial charge in [0, 0.05) is 0 Å². The second-order valence-electron chi connectivity index (χ2n) is 15.1. The summed E-state index contributed by atoms with van der Waals surface area (Å²) in [4.78, 5) is 0. The predicted octanol–water partition coefficient (Wildman–Crippen LogP) is 12.9. The van der Waals surface area contributed by atoms with E-state index in [1.807, 2.05) is 0 Å². The van der Waals surface area contributed by atoms with Crippen LogP contribution < -0.4 is 0 Å². The van der Waals surface area contributed by atoms with E-state index in [1.165, 1.54) is 0 Å². The van der Waals surface area contributed by atoms with Gasteiger partial charge in [0.2, 0.25) is 0 Å². The summed E-state index contributed by atoms with van der Waals surface area (Å²) < 4.78 is 757. The largest absolute Gasteiger partial charge is 4.00 e. The Bertz CT molecular complexity index is 2650. The molecule has 0 bridgehead atoms. The monoisotopic (exact) mass is 1690 g/mol. The Labute approximate surface area is 487 Å². The van der Waals surface area contributed by atoms with Crippen molar-refractivity contribution >= 4 is 40.5 Å². The van der Waals surface area contributed by atoms with Gasteiger partial charge >= 0.3 is 167 Å². The second kappa shape index (κ2) is 25.3. The molecule has 560 valence electrons. The average molecular weight is 1690 g/mol. The van der Waals surface area contributed by atoms with Crippen molar-refractivity contribution in [2.75, 3.05) is 0 Å². The van der Waals surface area contributed by atoms with Gasteiger partial charge in [-0.3, -0.25) is 0 Å². The van der Waals surface area contributed by atoms with Gasteiger partial charge in [-0.2, -0.15) is 228 Å². The molecule has 0 aliphatic heterocycles. The number of rotatable bonds is 20. The molecule has 0 rings (SSSR count). The summed E-state index contributed by atoms with van der Waals surface area (Å²) in [5.74, 6) is -130. The topological polar surface area (TPSA) is 229 Å². The summed E-state index contributed by atoms with van der Waals surface area (Å²) in [7, 11) is -31.4. The molecule has 0 radical (unpaired) electrons. The van der Waals surface area contributed by atoms with Gasteiger partial charge in [-0.05, 0) is 0 Å². The quantitative estimate of drug-likeness (QED) is 0.0819. The predicted molar refractivity (Wildman–Crippen MR) is 162 cm³/mol. The molecule has 69 heteroatoms. The molecule has 12 nitrogen and oxygen atoms in total. The fourth-order valence-corrected chi connectivity index (χ4v) is 5.42. The first-order valence-electron chi connectivity index (χ1n) is 17.6. The van der Waals surface area contributed by atoms with Gasteiger partial charge in [-0.1, -0.05) is 0 Å². The number of halogens is 52. The third-order valence-electron chi connectivity index (χ3n) is 8.87. The van der Waals surface area contributed by atoms with E-state index in [2.05, 4.69) is 0 Å². The molecule has 0 aromatic carbocycles. The molecular weight excluding hydrogens is 1690 g/mol. The van der Waals surface area contributed by atoms with Gasteiger partial charge in [-0.25, -0.2) is 33.7 Å². The van der Waals surface area contributed by atoms with Crippen molar-refractivity contribution in [3.63, 3.8) is 0 Å². The Morgan fingerprint density at radius 3 is 0.258 bits per heavy atom. The third-order valence-corrected chi connectivity index (χ3v) is 12.4. The zero-order valence-corrected chi connectivity index (χ0v) is 44.4. The van der Waals surface area contributed by atoms with Crippen LogP contribution in [0.15, 0.2) is 0 Å². The van der Waals surface area contributed by atoms with Gasteiger partial charge in [0.05, 0.1) is 0 Å². The summed E-state index contributed by atoms with van der Waals surface area (Å²) >= 11 is 0. The molecule has 0 unspecified atom stereocenters. The van der Waals surface area contributed by atoms with Crippen LogP contribution in [0.2, 0.25) is 0 Å². The van der Waals surface area contributed by atoms with E-state index in [1.54, 1.807) is 0 Å². The van der Waals surface area contributed by atoms with E-state index >= 15 is 0 Å². The van der Waals surface area contributed by atoms with Crippen LogP contribution in [0.1, 0.15) is 0 Å². The van der Waals surface area contributed by atoms with Crippen molar-refractivity contribution in [1.29, 1.82) is 0 Å². The van der Waals surface area contributed by atoms with Crippen LogP contribution in [0.25, 0.3) is 0 Å². The molecule has 0 aromatic rings. The minimum atomic E-state index is -8.29. The van der Waals surface area contributed by atoms with Crippen LogP contribution in [0.3, 0.4) is 0 Å². The molecule has 0 saturated heterocycles. The van der Waals surface area contributed by atoms with Gasteiger partial charge in [-0.15, -0.1) is 0 Å². The van der Waals surface area contributed by atoms with Crippen molar-refractivity contribution in [2.45, 2.75) is 140 Å². The first-order chi connectivity index (χ1) is 38.0. The molecule has 0 atom stereocenters. The number of hydrogen-bond donors (Lipinski definition) is 0. The fraction of sp³-hybridized carbons (Fsp3) is 1.00. The van der Waals surface area contributed by atoms with E-state index in [0.717, 1.165) is 0 Å². The van der Waals surface area contributed by atoms with Crippen LogP contribution in [0.4, 0.5) is 228 Å². The SMILES string of the molecule is O=S(=O)([O-])C(F)(F)C(F)(F)C(F)(F)C(F)(F)C(F)(F)C(F)(F)F.O=S(=O)([O-])C(F)(F)C(F)(F)C(F)(F)C(F)(F)C(F)(F)C(F)(F)F.O=S(=O)([O-])C(F)(F)C(F)(F)C(F)(F)C(F)(F)C(F)(F)C(F)(F)F.O=S(=O)([O-])C(F)(F)C(F)(F)C(F)(F)C(F)(F)C(F)(F)C(F)(F)F.[Zr+4]. The van der Waals surface area contributed by atoms with Crippen LogP contribution in [-0.4, -0.2) is 192 Å². The molecule has 93 heavy (non-hydrogen) atoms. The summed E-state index contributed by atoms with van der Waals surface area (Å²) in [5, 5.41) is -30.5. The Morgan fingerprint density at radius 2 is 0.204 bits per heavy atom. The molecule has 0 aromatic heterocycles. The third kappa shape index (κ3) is 14.8. The molecule has 0 aliphatic carbocycles. The van der Waals surface area contributed by atoms with Crippen molar-refractivity contribution in [1.82, 2.24) is 0 Å².